The number of hydrogen-bond donors (Lipinski definition) is 0. The van der Waals surface area contributed by atoms with Crippen LogP contribution in [-0.2, 0) is 28.3 Å². The maximum atomic E-state index is 12.9. The lowest BCUT2D eigenvalue weighted by atomic mass is 9.96. The molecule has 0 saturated heterocycles. The molecule has 0 radical (unpaired) electrons. The number of esters is 1. The molecule has 0 heterocycles. The van der Waals surface area contributed by atoms with Gasteiger partial charge in [-0.15, -0.1) is 0 Å². The van der Waals surface area contributed by atoms with Crippen molar-refractivity contribution in [3.8, 4) is 0 Å². The summed E-state index contributed by atoms with van der Waals surface area (Å²) in [6, 6.07) is 0.756. The van der Waals surface area contributed by atoms with Crippen LogP contribution in [-0.4, -0.2) is 12.6 Å². The summed E-state index contributed by atoms with van der Waals surface area (Å²) in [5, 5.41) is 0. The number of hydrogen-bond acceptors (Lipinski definition) is 2. The molecule has 0 spiro atoms. The molecule has 0 bridgehead atoms. The van der Waals surface area contributed by atoms with Gasteiger partial charge in [-0.1, -0.05) is 0 Å². The maximum absolute atomic E-state index is 12.9. The summed E-state index contributed by atoms with van der Waals surface area (Å²) in [4.78, 5) is 11.3. The van der Waals surface area contributed by atoms with Gasteiger partial charge in [-0.2, -0.15) is 26.3 Å². The Kier molecular flexibility index (Phi) is 4.91. The summed E-state index contributed by atoms with van der Waals surface area (Å²) in [6.07, 6.45) is -10.5. The van der Waals surface area contributed by atoms with Gasteiger partial charge in [0.2, 0.25) is 0 Å². The number of ether oxygens (including phenoxy) is 1. The third kappa shape index (κ3) is 4.37. The van der Waals surface area contributed by atoms with Gasteiger partial charge in [0, 0.05) is 0 Å². The van der Waals surface area contributed by atoms with Gasteiger partial charge in [0.25, 0.3) is 0 Å². The van der Waals surface area contributed by atoms with Gasteiger partial charge in [0.1, 0.15) is 0 Å². The van der Waals surface area contributed by atoms with Gasteiger partial charge < -0.3 is 4.74 Å². The zero-order valence-corrected chi connectivity index (χ0v) is 11.2. The Labute approximate surface area is 116 Å². The quantitative estimate of drug-likeness (QED) is 0.619. The molecule has 2 nitrogen and oxygen atoms in total. The molecular weight excluding hydrogens is 302 g/mol. The lowest BCUT2D eigenvalue weighted by Gasteiger charge is -2.17. The standard InChI is InChI=1S/C13H12F6O2/c1-3-21-11(20)6-8-5-9(12(14,15)16)7(2)4-10(8)13(17,18)19/h4-5H,3,6H2,1-2H3. The molecule has 1 aromatic carbocycles. The highest BCUT2D eigenvalue weighted by Gasteiger charge is 2.38. The van der Waals surface area contributed by atoms with E-state index in [1.54, 1.807) is 0 Å². The number of aryl methyl sites for hydroxylation is 1. The first-order valence-electron chi connectivity index (χ1n) is 5.90. The van der Waals surface area contributed by atoms with E-state index in [2.05, 4.69) is 4.74 Å². The van der Waals surface area contributed by atoms with Crippen molar-refractivity contribution in [3.05, 3.63) is 34.4 Å². The summed E-state index contributed by atoms with van der Waals surface area (Å²) in [5.41, 5.74) is -3.77. The van der Waals surface area contributed by atoms with E-state index in [1.807, 2.05) is 0 Å². The first-order valence-corrected chi connectivity index (χ1v) is 5.90. The summed E-state index contributed by atoms with van der Waals surface area (Å²) >= 11 is 0. The summed E-state index contributed by atoms with van der Waals surface area (Å²) in [7, 11) is 0. The molecule has 0 aliphatic rings. The van der Waals surface area contributed by atoms with Crippen LogP contribution in [0.2, 0.25) is 0 Å². The maximum Gasteiger partial charge on any atom is 0.416 e. The van der Waals surface area contributed by atoms with Crippen molar-refractivity contribution >= 4 is 5.97 Å². The normalized spacial score (nSPS) is 12.4. The van der Waals surface area contributed by atoms with Gasteiger partial charge in [0.15, 0.2) is 0 Å². The van der Waals surface area contributed by atoms with Gasteiger partial charge in [-0.05, 0) is 37.1 Å². The minimum atomic E-state index is -4.85. The van der Waals surface area contributed by atoms with E-state index < -0.39 is 47.0 Å². The van der Waals surface area contributed by atoms with E-state index in [0.717, 1.165) is 6.92 Å². The lowest BCUT2D eigenvalue weighted by Crippen LogP contribution is -2.17. The Hall–Kier alpha value is -1.73. The summed E-state index contributed by atoms with van der Waals surface area (Å²) in [5.74, 6) is -1.01. The van der Waals surface area contributed by atoms with E-state index in [0.29, 0.717) is 12.1 Å². The Morgan fingerprint density at radius 2 is 1.57 bits per heavy atom. The monoisotopic (exact) mass is 314 g/mol. The van der Waals surface area contributed by atoms with Crippen LogP contribution >= 0.6 is 0 Å². The average Bonchev–Trinajstić information content (AvgIpc) is 2.28. The van der Waals surface area contributed by atoms with Crippen LogP contribution in [0.1, 0.15) is 29.2 Å². The highest BCUT2D eigenvalue weighted by atomic mass is 19.4. The molecule has 1 aromatic rings. The molecule has 0 aliphatic heterocycles. The van der Waals surface area contributed by atoms with Crippen LogP contribution in [0.5, 0.6) is 0 Å². The summed E-state index contributed by atoms with van der Waals surface area (Å²) < 4.78 is 81.3. The van der Waals surface area contributed by atoms with E-state index in [9.17, 15) is 31.1 Å². The van der Waals surface area contributed by atoms with Crippen molar-refractivity contribution in [1.29, 1.82) is 0 Å². The Morgan fingerprint density at radius 3 is 2.00 bits per heavy atom. The molecule has 0 saturated carbocycles. The molecular formula is C13H12F6O2. The van der Waals surface area contributed by atoms with Crippen molar-refractivity contribution < 1.29 is 35.9 Å². The number of carbonyl (C=O) groups is 1. The number of alkyl halides is 6. The second-order valence-electron chi connectivity index (χ2n) is 4.30. The van der Waals surface area contributed by atoms with Gasteiger partial charge in [0.05, 0.1) is 24.2 Å². The van der Waals surface area contributed by atoms with E-state index in [1.165, 1.54) is 6.92 Å². The predicted octanol–water partition coefficient (Wildman–Crippen LogP) is 4.14. The zero-order valence-electron chi connectivity index (χ0n) is 11.2. The van der Waals surface area contributed by atoms with Crippen LogP contribution in [0.15, 0.2) is 12.1 Å². The molecule has 0 aliphatic carbocycles. The fourth-order valence-corrected chi connectivity index (χ4v) is 1.84. The second-order valence-corrected chi connectivity index (χ2v) is 4.30. The third-order valence-electron chi connectivity index (χ3n) is 2.70. The molecule has 21 heavy (non-hydrogen) atoms. The fraction of sp³-hybridized carbons (Fsp3) is 0.462. The van der Waals surface area contributed by atoms with Crippen LogP contribution in [0.25, 0.3) is 0 Å². The van der Waals surface area contributed by atoms with Gasteiger partial charge in [-0.25, -0.2) is 0 Å². The van der Waals surface area contributed by atoms with Crippen molar-refractivity contribution in [2.45, 2.75) is 32.6 Å². The Bertz CT molecular complexity index is 531. The minimum absolute atomic E-state index is 0.0713. The predicted molar refractivity (Wildman–Crippen MR) is 61.5 cm³/mol. The topological polar surface area (TPSA) is 26.3 Å². The molecule has 0 amide bonds. The highest BCUT2D eigenvalue weighted by molar-refractivity contribution is 5.73. The molecule has 0 unspecified atom stereocenters. The number of benzene rings is 1. The Morgan fingerprint density at radius 1 is 1.05 bits per heavy atom. The smallest absolute Gasteiger partial charge is 0.416 e. The van der Waals surface area contributed by atoms with Crippen LogP contribution in [0.4, 0.5) is 26.3 Å². The van der Waals surface area contributed by atoms with Crippen molar-refractivity contribution in [2.75, 3.05) is 6.61 Å². The molecule has 8 heteroatoms. The van der Waals surface area contributed by atoms with Crippen LogP contribution < -0.4 is 0 Å². The van der Waals surface area contributed by atoms with Crippen LogP contribution in [0, 0.1) is 6.92 Å². The SMILES string of the molecule is CCOC(=O)Cc1cc(C(F)(F)F)c(C)cc1C(F)(F)F. The molecule has 0 aromatic heterocycles. The molecule has 0 fully saturated rings. The highest BCUT2D eigenvalue weighted by Crippen LogP contribution is 2.38. The lowest BCUT2D eigenvalue weighted by molar-refractivity contribution is -0.145. The first-order chi connectivity index (χ1) is 9.46. The third-order valence-corrected chi connectivity index (χ3v) is 2.70. The number of carbonyl (C=O) groups excluding carboxylic acids is 1. The van der Waals surface area contributed by atoms with Gasteiger partial charge >= 0.3 is 18.3 Å². The zero-order chi connectivity index (χ0) is 16.4. The molecule has 0 N–H and O–H groups in total. The second kappa shape index (κ2) is 5.95. The minimum Gasteiger partial charge on any atom is -0.466 e. The molecule has 1 rings (SSSR count). The van der Waals surface area contributed by atoms with Crippen LogP contribution in [0.3, 0.4) is 0 Å². The van der Waals surface area contributed by atoms with E-state index >= 15 is 0 Å². The van der Waals surface area contributed by atoms with Crippen molar-refractivity contribution in [1.82, 2.24) is 0 Å². The molecule has 0 atom stereocenters. The Balaban J connectivity index is 3.38. The van der Waals surface area contributed by atoms with Gasteiger partial charge in [-0.3, -0.25) is 4.79 Å². The van der Waals surface area contributed by atoms with Crippen molar-refractivity contribution in [2.24, 2.45) is 0 Å². The van der Waals surface area contributed by atoms with E-state index in [-0.39, 0.29) is 6.61 Å². The van der Waals surface area contributed by atoms with Crippen molar-refractivity contribution in [3.63, 3.8) is 0 Å². The summed E-state index contributed by atoms with van der Waals surface area (Å²) in [6.45, 7) is 2.31. The first kappa shape index (κ1) is 17.3. The number of halogens is 6. The number of rotatable bonds is 3. The average molecular weight is 314 g/mol. The fourth-order valence-electron chi connectivity index (χ4n) is 1.84. The van der Waals surface area contributed by atoms with E-state index in [4.69, 9.17) is 0 Å². The largest absolute Gasteiger partial charge is 0.466 e. The molecule has 118 valence electrons.